The van der Waals surface area contributed by atoms with Crippen molar-refractivity contribution in [3.05, 3.63) is 143 Å². The first-order valence-electron chi connectivity index (χ1n) is 14.1. The van der Waals surface area contributed by atoms with E-state index in [1.807, 2.05) is 0 Å². The summed E-state index contributed by atoms with van der Waals surface area (Å²) in [6.45, 7) is 13.1. The minimum atomic E-state index is 0.988. The molecule has 0 aliphatic rings. The summed E-state index contributed by atoms with van der Waals surface area (Å²) in [6, 6.07) is 28.9. The number of hydrogen-bond acceptors (Lipinski definition) is 0. The molecule has 0 N–H and O–H groups in total. The summed E-state index contributed by atoms with van der Waals surface area (Å²) >= 11 is 0. The molecule has 0 spiro atoms. The lowest BCUT2D eigenvalue weighted by Gasteiger charge is -2.11. The lowest BCUT2D eigenvalue weighted by molar-refractivity contribution is -0.696. The van der Waals surface area contributed by atoms with Crippen molar-refractivity contribution in [3.63, 3.8) is 0 Å². The molecular formula is C37H40N2+2. The van der Waals surface area contributed by atoms with Crippen molar-refractivity contribution in [1.82, 2.24) is 0 Å². The third-order valence-corrected chi connectivity index (χ3v) is 7.90. The second kappa shape index (κ2) is 11.8. The van der Waals surface area contributed by atoms with E-state index in [0.717, 1.165) is 25.9 Å². The summed E-state index contributed by atoms with van der Waals surface area (Å²) < 4.78 is 4.62. The summed E-state index contributed by atoms with van der Waals surface area (Å²) in [5.41, 5.74) is 14.7. The molecule has 196 valence electrons. The Morgan fingerprint density at radius 3 is 1.49 bits per heavy atom. The van der Waals surface area contributed by atoms with Gasteiger partial charge in [0.15, 0.2) is 37.9 Å². The average Bonchev–Trinajstić information content (AvgIpc) is 2.92. The Bertz CT molecular complexity index is 1560. The lowest BCUT2D eigenvalue weighted by Crippen LogP contribution is -2.34. The monoisotopic (exact) mass is 512 g/mol. The van der Waals surface area contributed by atoms with E-state index >= 15 is 0 Å². The molecular weight excluding hydrogens is 472 g/mol. The second-order valence-corrected chi connectivity index (χ2v) is 11.0. The molecule has 5 aromatic rings. The van der Waals surface area contributed by atoms with Crippen LogP contribution in [0.5, 0.6) is 0 Å². The molecule has 3 aromatic carbocycles. The van der Waals surface area contributed by atoms with E-state index in [4.69, 9.17) is 0 Å². The zero-order chi connectivity index (χ0) is 27.4. The van der Waals surface area contributed by atoms with Crippen molar-refractivity contribution in [3.8, 4) is 22.3 Å². The van der Waals surface area contributed by atoms with Crippen molar-refractivity contribution in [2.75, 3.05) is 0 Å². The van der Waals surface area contributed by atoms with Gasteiger partial charge in [-0.2, -0.15) is 0 Å². The standard InChI is InChI=1S/C37H40N2/c1-27-23-28(2)35(29(3)24-27)16-20-39-22-18-37(31(5)26-39)34-13-11-33(12-14-34)36-17-21-38(25-30(36)4)19-15-32-9-7-6-8-10-32/h6-14,17-18,21-26H,15-16,19-20H2,1-5H3/q+2. The lowest BCUT2D eigenvalue weighted by atomic mass is 9.96. The largest absolute Gasteiger partial charge is 0.204 e. The highest BCUT2D eigenvalue weighted by Crippen LogP contribution is 2.27. The summed E-state index contributed by atoms with van der Waals surface area (Å²) in [4.78, 5) is 0. The molecule has 0 fully saturated rings. The molecule has 0 amide bonds. The van der Waals surface area contributed by atoms with Gasteiger partial charge in [0.2, 0.25) is 0 Å². The Kier molecular flexibility index (Phi) is 8.02. The van der Waals surface area contributed by atoms with Crippen LogP contribution >= 0.6 is 0 Å². The van der Waals surface area contributed by atoms with Crippen LogP contribution < -0.4 is 9.13 Å². The van der Waals surface area contributed by atoms with Crippen molar-refractivity contribution < 1.29 is 9.13 Å². The van der Waals surface area contributed by atoms with E-state index in [9.17, 15) is 0 Å². The predicted molar refractivity (Wildman–Crippen MR) is 162 cm³/mol. The second-order valence-electron chi connectivity index (χ2n) is 11.0. The Morgan fingerprint density at radius 1 is 0.513 bits per heavy atom. The van der Waals surface area contributed by atoms with Gasteiger partial charge >= 0.3 is 0 Å². The fourth-order valence-electron chi connectivity index (χ4n) is 5.83. The molecule has 0 bridgehead atoms. The van der Waals surface area contributed by atoms with Crippen LogP contribution in [0.2, 0.25) is 0 Å². The maximum atomic E-state index is 2.33. The fraction of sp³-hybridized carbons (Fsp3) is 0.243. The molecule has 2 nitrogen and oxygen atoms in total. The molecule has 39 heavy (non-hydrogen) atoms. The zero-order valence-electron chi connectivity index (χ0n) is 24.0. The van der Waals surface area contributed by atoms with Gasteiger partial charge in [0, 0.05) is 36.1 Å². The van der Waals surface area contributed by atoms with E-state index in [2.05, 4.69) is 147 Å². The Hall–Kier alpha value is -4.04. The highest BCUT2D eigenvalue weighted by atomic mass is 14.9. The van der Waals surface area contributed by atoms with Crippen molar-refractivity contribution >= 4 is 0 Å². The van der Waals surface area contributed by atoms with Crippen LogP contribution in [-0.2, 0) is 25.9 Å². The van der Waals surface area contributed by atoms with Crippen LogP contribution in [0.25, 0.3) is 22.3 Å². The van der Waals surface area contributed by atoms with Gasteiger partial charge in [-0.15, -0.1) is 0 Å². The Balaban J connectivity index is 1.26. The van der Waals surface area contributed by atoms with Crippen molar-refractivity contribution in [2.24, 2.45) is 0 Å². The molecule has 0 atom stereocenters. The van der Waals surface area contributed by atoms with Gasteiger partial charge in [0.25, 0.3) is 0 Å². The Morgan fingerprint density at radius 2 is 1.00 bits per heavy atom. The summed E-state index contributed by atoms with van der Waals surface area (Å²) in [7, 11) is 0. The Labute approximate surface area is 234 Å². The topological polar surface area (TPSA) is 7.76 Å². The molecule has 0 unspecified atom stereocenters. The van der Waals surface area contributed by atoms with E-state index in [1.54, 1.807) is 0 Å². The predicted octanol–water partition coefficient (Wildman–Crippen LogP) is 7.62. The average molecular weight is 513 g/mol. The molecule has 0 saturated heterocycles. The van der Waals surface area contributed by atoms with E-state index in [-0.39, 0.29) is 0 Å². The molecule has 2 heteroatoms. The molecule has 0 aliphatic carbocycles. The minimum absolute atomic E-state index is 0.988. The minimum Gasteiger partial charge on any atom is -0.204 e. The van der Waals surface area contributed by atoms with Crippen LogP contribution in [-0.4, -0.2) is 0 Å². The van der Waals surface area contributed by atoms with Gasteiger partial charge < -0.3 is 0 Å². The number of nitrogens with zero attached hydrogens (tertiary/aromatic N) is 2. The number of benzene rings is 3. The van der Waals surface area contributed by atoms with Crippen molar-refractivity contribution in [2.45, 2.75) is 60.5 Å². The molecule has 0 radical (unpaired) electrons. The number of aryl methyl sites for hydroxylation is 8. The maximum absolute atomic E-state index is 2.33. The number of pyridine rings is 2. The highest BCUT2D eigenvalue weighted by Gasteiger charge is 2.12. The molecule has 5 rings (SSSR count). The number of hydrogen-bond donors (Lipinski definition) is 0. The number of aromatic nitrogens is 2. The van der Waals surface area contributed by atoms with E-state index < -0.39 is 0 Å². The highest BCUT2D eigenvalue weighted by molar-refractivity contribution is 5.72. The SMILES string of the molecule is Cc1cc(C)c(CC[n+]2ccc(-c3ccc(-c4cc[n+](CCc5ccccc5)cc4C)cc3)c(C)c2)c(C)c1. The third-order valence-electron chi connectivity index (χ3n) is 7.90. The quantitative estimate of drug-likeness (QED) is 0.189. The van der Waals surface area contributed by atoms with Crippen LogP contribution in [0.4, 0.5) is 0 Å². The summed E-state index contributed by atoms with van der Waals surface area (Å²) in [5.74, 6) is 0. The van der Waals surface area contributed by atoms with Crippen LogP contribution in [0.3, 0.4) is 0 Å². The van der Waals surface area contributed by atoms with Gasteiger partial charge in [0.1, 0.15) is 0 Å². The number of rotatable bonds is 8. The first-order chi connectivity index (χ1) is 18.9. The summed E-state index contributed by atoms with van der Waals surface area (Å²) in [6.07, 6.45) is 11.1. The summed E-state index contributed by atoms with van der Waals surface area (Å²) in [5, 5.41) is 0. The van der Waals surface area contributed by atoms with Crippen LogP contribution in [0, 0.1) is 34.6 Å². The zero-order valence-corrected chi connectivity index (χ0v) is 24.0. The van der Waals surface area contributed by atoms with Gasteiger partial charge in [0.05, 0.1) is 0 Å². The van der Waals surface area contributed by atoms with E-state index in [0.29, 0.717) is 0 Å². The normalized spacial score (nSPS) is 11.1. The smallest absolute Gasteiger partial charge is 0.172 e. The molecule has 2 aromatic heterocycles. The first-order valence-corrected chi connectivity index (χ1v) is 14.1. The molecule has 2 heterocycles. The van der Waals surface area contributed by atoms with Gasteiger partial charge in [-0.05, 0) is 79.1 Å². The van der Waals surface area contributed by atoms with E-state index in [1.165, 1.54) is 61.2 Å². The fourth-order valence-corrected chi connectivity index (χ4v) is 5.83. The van der Waals surface area contributed by atoms with Gasteiger partial charge in [-0.1, -0.05) is 72.3 Å². The third kappa shape index (κ3) is 6.34. The van der Waals surface area contributed by atoms with Gasteiger partial charge in [-0.3, -0.25) is 0 Å². The first kappa shape index (κ1) is 26.6. The van der Waals surface area contributed by atoms with Crippen LogP contribution in [0.1, 0.15) is 38.9 Å². The maximum Gasteiger partial charge on any atom is 0.172 e. The van der Waals surface area contributed by atoms with Gasteiger partial charge in [-0.25, -0.2) is 9.13 Å². The van der Waals surface area contributed by atoms with Crippen LogP contribution in [0.15, 0.2) is 104 Å². The molecule has 0 aliphatic heterocycles. The van der Waals surface area contributed by atoms with Crippen molar-refractivity contribution in [1.29, 1.82) is 0 Å². The molecule has 0 saturated carbocycles.